The molecule has 0 N–H and O–H groups in total. The minimum absolute atomic E-state index is 0.720. The van der Waals surface area contributed by atoms with Gasteiger partial charge in [-0.15, -0.1) is 0 Å². The van der Waals surface area contributed by atoms with Crippen LogP contribution in [0.25, 0.3) is 22.3 Å². The quantitative estimate of drug-likeness (QED) is 0.400. The molecule has 27 heavy (non-hydrogen) atoms. The Balaban J connectivity index is 1.64. The molecular weight excluding hydrogens is 492 g/mol. The predicted octanol–water partition coefficient (Wildman–Crippen LogP) is 1.93. The number of hydrogen-bond acceptors (Lipinski definition) is 3. The maximum atomic E-state index is 13.1. The van der Waals surface area contributed by atoms with E-state index in [9.17, 15) is 21.6 Å². The van der Waals surface area contributed by atoms with Gasteiger partial charge >= 0.3 is 37.9 Å². The highest BCUT2D eigenvalue weighted by Gasteiger charge is 2.41. The van der Waals surface area contributed by atoms with Crippen LogP contribution in [-0.4, -0.2) is 8.42 Å². The van der Waals surface area contributed by atoms with E-state index < -0.39 is 48.4 Å². The molecule has 0 spiro atoms. The van der Waals surface area contributed by atoms with Gasteiger partial charge in [0, 0.05) is 5.56 Å². The largest absolute Gasteiger partial charge is 0.541 e. The van der Waals surface area contributed by atoms with E-state index in [1.54, 1.807) is 12.1 Å². The molecule has 8 heteroatoms. The summed E-state index contributed by atoms with van der Waals surface area (Å²) < 4.78 is 70.1. The van der Waals surface area contributed by atoms with E-state index in [0.29, 0.717) is 0 Å². The van der Waals surface area contributed by atoms with Crippen LogP contribution < -0.4 is 21.6 Å². The van der Waals surface area contributed by atoms with Crippen LogP contribution in [0, 0.1) is 3.57 Å². The summed E-state index contributed by atoms with van der Waals surface area (Å²) in [7, 11) is -4.53. The molecule has 1 aliphatic carbocycles. The summed E-state index contributed by atoms with van der Waals surface area (Å²) in [6.07, 6.45) is -4.78. The molecule has 0 aromatic heterocycles. The summed E-state index contributed by atoms with van der Waals surface area (Å²) in [4.78, 5) is -0.854. The van der Waals surface area contributed by atoms with Crippen LogP contribution in [0.1, 0.15) is 5.56 Å². The van der Waals surface area contributed by atoms with Gasteiger partial charge in [-0.2, -0.15) is 21.6 Å². The number of rotatable bonds is 4. The Morgan fingerprint density at radius 2 is 1.41 bits per heavy atom. The van der Waals surface area contributed by atoms with Crippen molar-refractivity contribution in [1.29, 1.82) is 0 Å². The smallest absolute Gasteiger partial charge is 0.190 e. The van der Waals surface area contributed by atoms with Crippen LogP contribution >= 0.6 is 0 Å². The molecular formula is C19H11F3IO3S+. The first kappa shape index (κ1) is 18.5. The van der Waals surface area contributed by atoms with Crippen LogP contribution in [0.15, 0.2) is 71.6 Å². The Labute approximate surface area is 164 Å². The summed E-state index contributed by atoms with van der Waals surface area (Å²) in [5.74, 6) is 0. The molecule has 0 aliphatic heterocycles. The second kappa shape index (κ2) is 6.61. The first-order valence-corrected chi connectivity index (χ1v) is 11.1. The van der Waals surface area contributed by atoms with Gasteiger partial charge in [0.05, 0.1) is 5.56 Å². The van der Waals surface area contributed by atoms with E-state index in [0.717, 1.165) is 44.0 Å². The second-order valence-electron chi connectivity index (χ2n) is 5.80. The molecule has 3 aromatic rings. The first-order valence-electron chi connectivity index (χ1n) is 7.76. The lowest BCUT2D eigenvalue weighted by molar-refractivity contribution is -0.836. The molecule has 0 saturated heterocycles. The standard InChI is InChI=1S/C19H11F3IO3S/c20-19(21,22)15-9-3-4-11-17(15)27(24,25)26-23-16-10-5-8-14-12-6-1-2-7-13(12)18(14)16/h1-11H/q+1. The topological polar surface area (TPSA) is 43.4 Å². The lowest BCUT2D eigenvalue weighted by atomic mass is 9.81. The lowest BCUT2D eigenvalue weighted by Gasteiger charge is -2.22. The summed E-state index contributed by atoms with van der Waals surface area (Å²) >= 11 is -1.51. The van der Waals surface area contributed by atoms with Gasteiger partial charge in [-0.05, 0) is 37.4 Å². The van der Waals surface area contributed by atoms with Gasteiger partial charge in [-0.3, -0.25) is 0 Å². The Morgan fingerprint density at radius 3 is 2.15 bits per heavy atom. The predicted molar refractivity (Wildman–Crippen MR) is 89.3 cm³/mol. The molecule has 138 valence electrons. The number of fused-ring (bicyclic) bond motifs is 4. The lowest BCUT2D eigenvalue weighted by Crippen LogP contribution is -3.62. The molecule has 0 atom stereocenters. The number of benzene rings is 3. The van der Waals surface area contributed by atoms with Crippen molar-refractivity contribution < 1.29 is 45.7 Å². The first-order chi connectivity index (χ1) is 12.8. The molecule has 0 amide bonds. The van der Waals surface area contributed by atoms with Gasteiger partial charge in [-0.25, -0.2) is 0 Å². The van der Waals surface area contributed by atoms with Crippen LogP contribution in [0.3, 0.4) is 0 Å². The summed E-state index contributed by atoms with van der Waals surface area (Å²) in [6, 6.07) is 17.2. The molecule has 3 nitrogen and oxygen atoms in total. The van der Waals surface area contributed by atoms with Gasteiger partial charge < -0.3 is 0 Å². The minimum atomic E-state index is -4.78. The fourth-order valence-electron chi connectivity index (χ4n) is 2.99. The highest BCUT2D eigenvalue weighted by Crippen LogP contribution is 2.46. The van der Waals surface area contributed by atoms with Gasteiger partial charge in [0.2, 0.25) is 3.57 Å². The third-order valence-electron chi connectivity index (χ3n) is 4.16. The van der Waals surface area contributed by atoms with Crippen molar-refractivity contribution in [2.75, 3.05) is 0 Å². The number of alkyl halides is 3. The van der Waals surface area contributed by atoms with Gasteiger partial charge in [-0.1, -0.05) is 48.5 Å². The minimum Gasteiger partial charge on any atom is -0.190 e. The Kier molecular flexibility index (Phi) is 4.52. The van der Waals surface area contributed by atoms with Crippen molar-refractivity contribution in [1.82, 2.24) is 0 Å². The fourth-order valence-corrected chi connectivity index (χ4v) is 6.93. The summed E-state index contributed by atoms with van der Waals surface area (Å²) in [5.41, 5.74) is 2.77. The van der Waals surface area contributed by atoms with E-state index in [4.69, 9.17) is 2.51 Å². The monoisotopic (exact) mass is 503 g/mol. The molecule has 0 unspecified atom stereocenters. The molecule has 0 bridgehead atoms. The van der Waals surface area contributed by atoms with Crippen molar-refractivity contribution in [2.24, 2.45) is 0 Å². The molecule has 0 fully saturated rings. The second-order valence-corrected chi connectivity index (χ2v) is 9.95. The van der Waals surface area contributed by atoms with Crippen molar-refractivity contribution >= 4 is 10.1 Å². The Bertz CT molecular complexity index is 1140. The van der Waals surface area contributed by atoms with Crippen molar-refractivity contribution in [3.8, 4) is 22.3 Å². The normalized spacial score (nSPS) is 12.9. The van der Waals surface area contributed by atoms with Crippen LogP contribution in [0.2, 0.25) is 0 Å². The number of hydrogen-bond donors (Lipinski definition) is 0. The van der Waals surface area contributed by atoms with E-state index in [2.05, 4.69) is 0 Å². The van der Waals surface area contributed by atoms with Crippen molar-refractivity contribution in [2.45, 2.75) is 11.1 Å². The average molecular weight is 503 g/mol. The number of halogens is 4. The zero-order valence-electron chi connectivity index (χ0n) is 13.5. The van der Waals surface area contributed by atoms with Crippen LogP contribution in [0.5, 0.6) is 0 Å². The van der Waals surface area contributed by atoms with Gasteiger partial charge in [0.15, 0.2) is 0 Å². The van der Waals surface area contributed by atoms with Crippen LogP contribution in [0.4, 0.5) is 13.2 Å². The molecule has 0 radical (unpaired) electrons. The highest BCUT2D eigenvalue weighted by atomic mass is 127. The Hall–Kier alpha value is -1.91. The maximum absolute atomic E-state index is 13.1. The van der Waals surface area contributed by atoms with E-state index in [1.165, 1.54) is 6.07 Å². The van der Waals surface area contributed by atoms with E-state index in [1.807, 2.05) is 30.3 Å². The fraction of sp³-hybridized carbons (Fsp3) is 0.0526. The summed E-state index contributed by atoms with van der Waals surface area (Å²) in [6.45, 7) is 0. The molecule has 0 heterocycles. The van der Waals surface area contributed by atoms with E-state index >= 15 is 0 Å². The Morgan fingerprint density at radius 1 is 0.778 bits per heavy atom. The zero-order chi connectivity index (χ0) is 19.2. The summed E-state index contributed by atoms with van der Waals surface area (Å²) in [5, 5.41) is 0. The van der Waals surface area contributed by atoms with Crippen molar-refractivity contribution in [3.63, 3.8) is 0 Å². The zero-order valence-corrected chi connectivity index (χ0v) is 16.5. The highest BCUT2D eigenvalue weighted by molar-refractivity contribution is 7.86. The maximum Gasteiger partial charge on any atom is 0.541 e. The van der Waals surface area contributed by atoms with Gasteiger partial charge in [0.25, 0.3) is 0 Å². The van der Waals surface area contributed by atoms with E-state index in [-0.39, 0.29) is 0 Å². The van der Waals surface area contributed by atoms with Gasteiger partial charge in [0.1, 0.15) is 4.90 Å². The average Bonchev–Trinajstić information content (AvgIpc) is 2.63. The third kappa shape index (κ3) is 3.26. The SMILES string of the molecule is O=S(=O)(O[I+]c1cccc2c1-c1ccccc1-2)c1ccccc1C(F)(F)F. The third-order valence-corrected chi connectivity index (χ3v) is 8.62. The van der Waals surface area contributed by atoms with Crippen LogP contribution in [-0.2, 0) is 18.8 Å². The molecule has 4 rings (SSSR count). The molecule has 0 saturated carbocycles. The van der Waals surface area contributed by atoms with Crippen molar-refractivity contribution in [3.05, 3.63) is 75.9 Å². The molecule has 3 aromatic carbocycles. The molecule has 1 aliphatic rings.